The lowest BCUT2D eigenvalue weighted by atomic mass is 9.57. The maximum absolute atomic E-state index is 12.8. The van der Waals surface area contributed by atoms with Crippen LogP contribution in [0.1, 0.15) is 58.7 Å². The van der Waals surface area contributed by atoms with Crippen molar-refractivity contribution in [1.29, 1.82) is 0 Å². The summed E-state index contributed by atoms with van der Waals surface area (Å²) in [6, 6.07) is 7.37. The van der Waals surface area contributed by atoms with Gasteiger partial charge in [-0.1, -0.05) is 13.8 Å². The predicted molar refractivity (Wildman–Crippen MR) is 114 cm³/mol. The van der Waals surface area contributed by atoms with Crippen LogP contribution in [0.4, 0.5) is 0 Å². The summed E-state index contributed by atoms with van der Waals surface area (Å²) >= 11 is 0. The lowest BCUT2D eigenvalue weighted by Crippen LogP contribution is -2.59. The fraction of sp³-hybridized carbons (Fsp3) is 0.652. The molecule has 0 bridgehead atoms. The van der Waals surface area contributed by atoms with E-state index in [1.54, 1.807) is 11.8 Å². The number of hydrogen-bond donors (Lipinski definition) is 1. The third-order valence-corrected chi connectivity index (χ3v) is 7.57. The fourth-order valence-corrected chi connectivity index (χ4v) is 5.82. The average molecular weight is 426 g/mol. The molecule has 31 heavy (non-hydrogen) atoms. The van der Waals surface area contributed by atoms with Crippen molar-refractivity contribution in [2.45, 2.75) is 70.6 Å². The first kappa shape index (κ1) is 20.4. The summed E-state index contributed by atoms with van der Waals surface area (Å²) in [5, 5.41) is 16.5. The molecule has 0 radical (unpaired) electrons. The quantitative estimate of drug-likeness (QED) is 0.712. The van der Waals surface area contributed by atoms with Gasteiger partial charge in [-0.3, -0.25) is 10.1 Å². The summed E-state index contributed by atoms with van der Waals surface area (Å²) in [5.74, 6) is 1.92. The standard InChI is InChI=1S/C23H31N5O3/c1-22(2)12-14(13-22)23(3,24-19-17-6-5-7-18(17)31-20(19)29)21-25-26-27-28(21)15-8-10-16(30-4)11-9-15/h8-11,14,17-19,24H,5-7,12-13H2,1-4H3/t17-,18+,19-,23?/m1/s1. The van der Waals surface area contributed by atoms with E-state index in [1.807, 2.05) is 24.3 Å². The smallest absolute Gasteiger partial charge is 0.323 e. The molecule has 8 nitrogen and oxygen atoms in total. The first-order valence-corrected chi connectivity index (χ1v) is 11.2. The highest BCUT2D eigenvalue weighted by Gasteiger charge is 2.55. The Bertz CT molecular complexity index is 964. The molecular formula is C23H31N5O3. The molecule has 8 heteroatoms. The largest absolute Gasteiger partial charge is 0.497 e. The first-order valence-electron chi connectivity index (χ1n) is 11.2. The Balaban J connectivity index is 1.51. The second kappa shape index (κ2) is 7.29. The van der Waals surface area contributed by atoms with Crippen molar-refractivity contribution in [3.63, 3.8) is 0 Å². The van der Waals surface area contributed by atoms with Crippen molar-refractivity contribution in [2.75, 3.05) is 7.11 Å². The Morgan fingerprint density at radius 3 is 2.65 bits per heavy atom. The number of carbonyl (C=O) groups is 1. The first-order chi connectivity index (χ1) is 14.8. The number of methoxy groups -OCH3 is 1. The predicted octanol–water partition coefficient (Wildman–Crippen LogP) is 3.01. The molecule has 3 aliphatic rings. The number of benzene rings is 1. The maximum atomic E-state index is 12.8. The van der Waals surface area contributed by atoms with Gasteiger partial charge in [-0.2, -0.15) is 4.68 Å². The number of nitrogens with zero attached hydrogens (tertiary/aromatic N) is 4. The maximum Gasteiger partial charge on any atom is 0.323 e. The van der Waals surface area contributed by atoms with Crippen molar-refractivity contribution in [3.8, 4) is 11.4 Å². The number of hydrogen-bond acceptors (Lipinski definition) is 7. The molecule has 2 saturated carbocycles. The Hall–Kier alpha value is -2.48. The summed E-state index contributed by atoms with van der Waals surface area (Å²) in [6.45, 7) is 6.72. The number of nitrogens with one attached hydrogen (secondary N) is 1. The molecule has 4 atom stereocenters. The van der Waals surface area contributed by atoms with Gasteiger partial charge in [-0.15, -0.1) is 5.10 Å². The second-order valence-corrected chi connectivity index (χ2v) is 10.3. The number of fused-ring (bicyclic) bond motifs is 1. The third kappa shape index (κ3) is 3.41. The SMILES string of the molecule is COc1ccc(-n2nnnc2C(C)(N[C@H]2C(=O)O[C@H]3CCC[C@H]32)C2CC(C)(C)C2)cc1. The van der Waals surface area contributed by atoms with E-state index in [-0.39, 0.29) is 29.4 Å². The van der Waals surface area contributed by atoms with Crippen LogP contribution in [0.15, 0.2) is 24.3 Å². The molecule has 2 aromatic rings. The van der Waals surface area contributed by atoms with Crippen LogP contribution in [0, 0.1) is 17.3 Å². The zero-order valence-electron chi connectivity index (χ0n) is 18.7. The summed E-state index contributed by atoms with van der Waals surface area (Å²) in [6.07, 6.45) is 5.22. The molecule has 3 fully saturated rings. The molecule has 1 saturated heterocycles. The number of esters is 1. The number of rotatable bonds is 6. The Morgan fingerprint density at radius 1 is 1.23 bits per heavy atom. The van der Waals surface area contributed by atoms with Crippen LogP contribution < -0.4 is 10.1 Å². The number of aromatic nitrogens is 4. The van der Waals surface area contributed by atoms with Gasteiger partial charge in [0.2, 0.25) is 0 Å². The highest BCUT2D eigenvalue weighted by atomic mass is 16.6. The summed E-state index contributed by atoms with van der Waals surface area (Å²) in [4.78, 5) is 12.8. The molecule has 1 aromatic carbocycles. The fourth-order valence-electron chi connectivity index (χ4n) is 5.82. The summed E-state index contributed by atoms with van der Waals surface area (Å²) in [5.41, 5.74) is 0.582. The summed E-state index contributed by atoms with van der Waals surface area (Å²) < 4.78 is 12.8. The topological polar surface area (TPSA) is 91.2 Å². The van der Waals surface area contributed by atoms with E-state index in [0.29, 0.717) is 5.92 Å². The lowest BCUT2D eigenvalue weighted by molar-refractivity contribution is -0.143. The Morgan fingerprint density at radius 2 is 1.97 bits per heavy atom. The average Bonchev–Trinajstić information content (AvgIpc) is 3.45. The van der Waals surface area contributed by atoms with Crippen LogP contribution in [0.5, 0.6) is 5.75 Å². The Labute approximate surface area is 182 Å². The molecule has 5 rings (SSSR count). The minimum Gasteiger partial charge on any atom is -0.497 e. The molecule has 1 N–H and O–H groups in total. The number of ether oxygens (including phenoxy) is 2. The molecule has 2 heterocycles. The number of carbonyl (C=O) groups excluding carboxylic acids is 1. The van der Waals surface area contributed by atoms with Crippen molar-refractivity contribution >= 4 is 5.97 Å². The monoisotopic (exact) mass is 425 g/mol. The van der Waals surface area contributed by atoms with E-state index in [0.717, 1.165) is 49.4 Å². The van der Waals surface area contributed by atoms with E-state index in [1.165, 1.54) is 0 Å². The molecule has 1 aromatic heterocycles. The van der Waals surface area contributed by atoms with E-state index in [2.05, 4.69) is 41.6 Å². The molecule has 1 aliphatic heterocycles. The van der Waals surface area contributed by atoms with Gasteiger partial charge in [0, 0.05) is 5.92 Å². The molecule has 166 valence electrons. The van der Waals surface area contributed by atoms with Crippen molar-refractivity contribution in [3.05, 3.63) is 30.1 Å². The van der Waals surface area contributed by atoms with Gasteiger partial charge in [0.25, 0.3) is 0 Å². The van der Waals surface area contributed by atoms with Gasteiger partial charge < -0.3 is 9.47 Å². The molecule has 1 unspecified atom stereocenters. The molecule has 2 aliphatic carbocycles. The minimum absolute atomic E-state index is 0.0460. The molecule has 0 amide bonds. The van der Waals surface area contributed by atoms with Crippen LogP contribution in [0.2, 0.25) is 0 Å². The molecule has 0 spiro atoms. The van der Waals surface area contributed by atoms with Gasteiger partial charge in [-0.25, -0.2) is 0 Å². The van der Waals surface area contributed by atoms with Crippen LogP contribution in [-0.2, 0) is 15.1 Å². The zero-order chi connectivity index (χ0) is 21.8. The highest BCUT2D eigenvalue weighted by Crippen LogP contribution is 2.53. The van der Waals surface area contributed by atoms with Gasteiger partial charge in [0.1, 0.15) is 17.9 Å². The molecular weight excluding hydrogens is 394 g/mol. The van der Waals surface area contributed by atoms with E-state index >= 15 is 0 Å². The van der Waals surface area contributed by atoms with Crippen LogP contribution >= 0.6 is 0 Å². The van der Waals surface area contributed by atoms with Crippen LogP contribution in [0.25, 0.3) is 5.69 Å². The van der Waals surface area contributed by atoms with E-state index in [9.17, 15) is 4.79 Å². The van der Waals surface area contributed by atoms with Gasteiger partial charge in [0.15, 0.2) is 5.82 Å². The van der Waals surface area contributed by atoms with E-state index in [4.69, 9.17) is 9.47 Å². The van der Waals surface area contributed by atoms with Crippen molar-refractivity contribution in [2.24, 2.45) is 17.3 Å². The van der Waals surface area contributed by atoms with Gasteiger partial charge >= 0.3 is 5.97 Å². The van der Waals surface area contributed by atoms with Crippen molar-refractivity contribution in [1.82, 2.24) is 25.5 Å². The van der Waals surface area contributed by atoms with Crippen molar-refractivity contribution < 1.29 is 14.3 Å². The Kier molecular flexibility index (Phi) is 4.80. The van der Waals surface area contributed by atoms with Crippen LogP contribution in [0.3, 0.4) is 0 Å². The van der Waals surface area contributed by atoms with Gasteiger partial charge in [0.05, 0.1) is 18.3 Å². The van der Waals surface area contributed by atoms with E-state index < -0.39 is 5.54 Å². The number of tetrazole rings is 1. The minimum atomic E-state index is -0.555. The summed E-state index contributed by atoms with van der Waals surface area (Å²) in [7, 11) is 1.65. The third-order valence-electron chi connectivity index (χ3n) is 7.57. The normalized spacial score (nSPS) is 29.2. The second-order valence-electron chi connectivity index (χ2n) is 10.3. The highest BCUT2D eigenvalue weighted by molar-refractivity contribution is 5.79. The lowest BCUT2D eigenvalue weighted by Gasteiger charge is -2.52. The van der Waals surface area contributed by atoms with Gasteiger partial charge in [-0.05, 0) is 85.1 Å². The van der Waals surface area contributed by atoms with Crippen LogP contribution in [-0.4, -0.2) is 45.4 Å². The zero-order valence-corrected chi connectivity index (χ0v) is 18.7.